The van der Waals surface area contributed by atoms with Gasteiger partial charge in [-0.2, -0.15) is 0 Å². The number of tetrazole rings is 1. The molecule has 0 saturated carbocycles. The molecule has 0 fully saturated rings. The van der Waals surface area contributed by atoms with E-state index >= 15 is 0 Å². The predicted octanol–water partition coefficient (Wildman–Crippen LogP) is -0.237. The topological polar surface area (TPSA) is 104 Å². The second-order valence-electron chi connectivity index (χ2n) is 3.63. The molecule has 10 heteroatoms. The van der Waals surface area contributed by atoms with Crippen molar-refractivity contribution in [3.05, 3.63) is 0 Å². The molecule has 0 aromatic carbocycles. The van der Waals surface area contributed by atoms with E-state index in [0.29, 0.717) is 17.3 Å². The van der Waals surface area contributed by atoms with Crippen LogP contribution in [0.4, 0.5) is 0 Å². The van der Waals surface area contributed by atoms with E-state index in [1.54, 1.807) is 6.92 Å². The predicted molar refractivity (Wildman–Crippen MR) is 69.5 cm³/mol. The van der Waals surface area contributed by atoms with Crippen molar-refractivity contribution in [2.45, 2.75) is 25.0 Å². The van der Waals surface area contributed by atoms with Crippen LogP contribution in [0.2, 0.25) is 0 Å². The van der Waals surface area contributed by atoms with Crippen LogP contribution in [0.15, 0.2) is 5.16 Å². The Balaban J connectivity index is 2.42. The van der Waals surface area contributed by atoms with Gasteiger partial charge >= 0.3 is 5.97 Å². The third-order valence-electron chi connectivity index (χ3n) is 2.28. The Morgan fingerprint density at radius 1 is 1.47 bits per heavy atom. The molecular formula is C9H16N4O4S2. The molecule has 8 nitrogen and oxygen atoms in total. The minimum Gasteiger partial charge on any atom is -0.468 e. The third kappa shape index (κ3) is 5.55. The van der Waals surface area contributed by atoms with Gasteiger partial charge in [-0.25, -0.2) is 13.1 Å². The zero-order valence-electron chi connectivity index (χ0n) is 10.8. The lowest BCUT2D eigenvalue weighted by molar-refractivity contribution is -0.141. The standard InChI is InChI=1S/C9H16N4O4S2/c1-3-19(15,16)6-4-5-18-9-10-11-12-13(9)7-8(14)17-2/h3-7H2,1-2H3. The first-order valence-electron chi connectivity index (χ1n) is 5.64. The Labute approximate surface area is 115 Å². The minimum atomic E-state index is -2.94. The maximum Gasteiger partial charge on any atom is 0.327 e. The Morgan fingerprint density at radius 3 is 2.84 bits per heavy atom. The Morgan fingerprint density at radius 2 is 2.21 bits per heavy atom. The molecule has 108 valence electrons. The molecule has 0 aliphatic carbocycles. The molecule has 0 bridgehead atoms. The van der Waals surface area contributed by atoms with E-state index in [0.717, 1.165) is 0 Å². The van der Waals surface area contributed by atoms with Crippen LogP contribution in [0, 0.1) is 0 Å². The van der Waals surface area contributed by atoms with Crippen LogP contribution in [-0.2, 0) is 25.9 Å². The fraction of sp³-hybridized carbons (Fsp3) is 0.778. The minimum absolute atomic E-state index is 0.0565. The van der Waals surface area contributed by atoms with Crippen molar-refractivity contribution < 1.29 is 17.9 Å². The molecular weight excluding hydrogens is 292 g/mol. The van der Waals surface area contributed by atoms with Gasteiger partial charge < -0.3 is 4.74 Å². The summed E-state index contributed by atoms with van der Waals surface area (Å²) in [5, 5.41) is 11.4. The molecule has 0 amide bonds. The van der Waals surface area contributed by atoms with Gasteiger partial charge in [0.1, 0.15) is 16.4 Å². The van der Waals surface area contributed by atoms with Crippen molar-refractivity contribution in [2.24, 2.45) is 0 Å². The highest BCUT2D eigenvalue weighted by atomic mass is 32.2. The molecule has 0 spiro atoms. The van der Waals surface area contributed by atoms with Gasteiger partial charge in [-0.1, -0.05) is 18.7 Å². The molecule has 1 rings (SSSR count). The highest BCUT2D eigenvalue weighted by molar-refractivity contribution is 7.99. The van der Waals surface area contributed by atoms with Crippen molar-refractivity contribution in [2.75, 3.05) is 24.4 Å². The van der Waals surface area contributed by atoms with Gasteiger partial charge in [0.15, 0.2) is 0 Å². The third-order valence-corrected chi connectivity index (χ3v) is 5.11. The Bertz CT molecular complexity index is 514. The van der Waals surface area contributed by atoms with Crippen LogP contribution in [-0.4, -0.2) is 59.0 Å². The molecule has 0 saturated heterocycles. The van der Waals surface area contributed by atoms with Crippen LogP contribution >= 0.6 is 11.8 Å². The quantitative estimate of drug-likeness (QED) is 0.368. The van der Waals surface area contributed by atoms with Crippen molar-refractivity contribution in [3.63, 3.8) is 0 Å². The second-order valence-corrected chi connectivity index (χ2v) is 7.17. The number of hydrogen-bond acceptors (Lipinski definition) is 8. The van der Waals surface area contributed by atoms with E-state index in [9.17, 15) is 13.2 Å². The molecule has 1 aromatic rings. The average molecular weight is 308 g/mol. The molecule has 0 unspecified atom stereocenters. The number of aromatic nitrogens is 4. The molecule has 1 heterocycles. The van der Waals surface area contributed by atoms with Gasteiger partial charge in [0, 0.05) is 11.5 Å². The average Bonchev–Trinajstić information content (AvgIpc) is 2.82. The maximum absolute atomic E-state index is 11.3. The fourth-order valence-corrected chi connectivity index (χ4v) is 3.04. The first-order valence-corrected chi connectivity index (χ1v) is 8.45. The van der Waals surface area contributed by atoms with Gasteiger partial charge in [-0.15, -0.1) is 5.10 Å². The SMILES string of the molecule is CCS(=O)(=O)CCCSc1nnnn1CC(=O)OC. The van der Waals surface area contributed by atoms with Crippen LogP contribution in [0.3, 0.4) is 0 Å². The van der Waals surface area contributed by atoms with E-state index in [4.69, 9.17) is 0 Å². The summed E-state index contributed by atoms with van der Waals surface area (Å²) in [5.41, 5.74) is 0. The number of ether oxygens (including phenoxy) is 1. The molecule has 0 atom stereocenters. The van der Waals surface area contributed by atoms with Crippen LogP contribution in [0.1, 0.15) is 13.3 Å². The maximum atomic E-state index is 11.3. The summed E-state index contributed by atoms with van der Waals surface area (Å²) in [4.78, 5) is 11.1. The number of esters is 1. The van der Waals surface area contributed by atoms with Crippen LogP contribution in [0.25, 0.3) is 0 Å². The van der Waals surface area contributed by atoms with Crippen molar-refractivity contribution in [1.82, 2.24) is 20.2 Å². The van der Waals surface area contributed by atoms with Crippen molar-refractivity contribution in [1.29, 1.82) is 0 Å². The normalized spacial score (nSPS) is 11.5. The van der Waals surface area contributed by atoms with Gasteiger partial charge in [0.05, 0.1) is 12.9 Å². The zero-order chi connectivity index (χ0) is 14.3. The Hall–Kier alpha value is -1.16. The zero-order valence-corrected chi connectivity index (χ0v) is 12.4. The lowest BCUT2D eigenvalue weighted by atomic mass is 10.6. The summed E-state index contributed by atoms with van der Waals surface area (Å²) in [5.74, 6) is 0.427. The van der Waals surface area contributed by atoms with E-state index in [1.807, 2.05) is 0 Å². The Kier molecular flexibility index (Phi) is 6.22. The van der Waals surface area contributed by atoms with E-state index < -0.39 is 15.8 Å². The monoisotopic (exact) mass is 308 g/mol. The summed E-state index contributed by atoms with van der Waals surface area (Å²) in [6.45, 7) is 1.57. The van der Waals surface area contributed by atoms with Crippen molar-refractivity contribution >= 4 is 27.6 Å². The first kappa shape index (κ1) is 15.9. The van der Waals surface area contributed by atoms with E-state index in [1.165, 1.54) is 23.6 Å². The number of carbonyl (C=O) groups excluding carboxylic acids is 1. The van der Waals surface area contributed by atoms with Gasteiger partial charge in [0.2, 0.25) is 5.16 Å². The molecule has 0 N–H and O–H groups in total. The molecule has 0 aliphatic heterocycles. The number of hydrogen-bond donors (Lipinski definition) is 0. The lowest BCUT2D eigenvalue weighted by Crippen LogP contribution is -2.14. The summed E-state index contributed by atoms with van der Waals surface area (Å²) < 4.78 is 28.4. The summed E-state index contributed by atoms with van der Waals surface area (Å²) in [7, 11) is -1.65. The van der Waals surface area contributed by atoms with Gasteiger partial charge in [-0.3, -0.25) is 4.79 Å². The highest BCUT2D eigenvalue weighted by Gasteiger charge is 2.12. The van der Waals surface area contributed by atoms with E-state index in [2.05, 4.69) is 20.3 Å². The molecule has 19 heavy (non-hydrogen) atoms. The van der Waals surface area contributed by atoms with Gasteiger partial charge in [-0.05, 0) is 16.8 Å². The largest absolute Gasteiger partial charge is 0.468 e. The molecule has 0 radical (unpaired) electrons. The number of nitrogens with zero attached hydrogens (tertiary/aromatic N) is 4. The van der Waals surface area contributed by atoms with Crippen LogP contribution in [0.5, 0.6) is 0 Å². The lowest BCUT2D eigenvalue weighted by Gasteiger charge is -2.03. The smallest absolute Gasteiger partial charge is 0.327 e. The van der Waals surface area contributed by atoms with Crippen LogP contribution < -0.4 is 0 Å². The second kappa shape index (κ2) is 7.43. The van der Waals surface area contributed by atoms with Crippen molar-refractivity contribution in [3.8, 4) is 0 Å². The molecule has 1 aromatic heterocycles. The number of thioether (sulfide) groups is 1. The summed E-state index contributed by atoms with van der Waals surface area (Å²) in [6, 6.07) is 0. The molecule has 0 aliphatic rings. The highest BCUT2D eigenvalue weighted by Crippen LogP contribution is 2.15. The fourth-order valence-electron chi connectivity index (χ4n) is 1.17. The number of methoxy groups -OCH3 is 1. The van der Waals surface area contributed by atoms with Gasteiger partial charge in [0.25, 0.3) is 0 Å². The number of rotatable bonds is 8. The van der Waals surface area contributed by atoms with E-state index in [-0.39, 0.29) is 18.1 Å². The number of carbonyl (C=O) groups is 1. The number of sulfone groups is 1. The summed E-state index contributed by atoms with van der Waals surface area (Å²) in [6.07, 6.45) is 0.520. The summed E-state index contributed by atoms with van der Waals surface area (Å²) >= 11 is 1.31. The first-order chi connectivity index (χ1) is 8.98.